The number of fused-ring (bicyclic) bond motifs is 4. The summed E-state index contributed by atoms with van der Waals surface area (Å²) in [7, 11) is 2.00. The van der Waals surface area contributed by atoms with Gasteiger partial charge < -0.3 is 65.5 Å². The lowest BCUT2D eigenvalue weighted by molar-refractivity contribution is -0.119. The molecule has 7 heterocycles. The number of carbonyl (C=O) groups is 4. The second-order valence-electron chi connectivity index (χ2n) is 20.8. The fourth-order valence-corrected chi connectivity index (χ4v) is 10.1. The van der Waals surface area contributed by atoms with Gasteiger partial charge in [-0.3, -0.25) is 19.4 Å². The number of hydrogen-bond acceptors (Lipinski definition) is 18. The molecule has 3 aliphatic carbocycles. The van der Waals surface area contributed by atoms with Crippen molar-refractivity contribution >= 4 is 47.3 Å². The average molecular weight is 1040 g/mol. The quantitative estimate of drug-likeness (QED) is 0.0952. The predicted molar refractivity (Wildman–Crippen MR) is 264 cm³/mol. The number of nitrogens with zero attached hydrogens (tertiary/aromatic N) is 6. The van der Waals surface area contributed by atoms with Crippen LogP contribution in [0.15, 0.2) is 42.6 Å². The van der Waals surface area contributed by atoms with E-state index >= 15 is 0 Å². The third kappa shape index (κ3) is 11.3. The van der Waals surface area contributed by atoms with E-state index in [2.05, 4.69) is 35.8 Å². The highest BCUT2D eigenvalue weighted by molar-refractivity contribution is 5.96. The molecule has 8 aliphatic rings. The van der Waals surface area contributed by atoms with Crippen molar-refractivity contribution in [2.75, 3.05) is 99.8 Å². The number of halogens is 2. The van der Waals surface area contributed by atoms with Gasteiger partial charge in [-0.25, -0.2) is 33.3 Å². The fraction of sp³-hybridized carbons (Fsp3) is 0.510. The molecule has 7 N–H and O–H groups in total. The van der Waals surface area contributed by atoms with Crippen molar-refractivity contribution in [2.24, 2.45) is 17.4 Å². The fourth-order valence-electron chi connectivity index (χ4n) is 10.1. The van der Waals surface area contributed by atoms with Gasteiger partial charge in [0.15, 0.2) is 36.4 Å². The first-order chi connectivity index (χ1) is 36.1. The van der Waals surface area contributed by atoms with Crippen molar-refractivity contribution in [3.63, 3.8) is 0 Å². The zero-order valence-electron chi connectivity index (χ0n) is 41.4. The molecule has 398 valence electrons. The first kappa shape index (κ1) is 50.2. The van der Waals surface area contributed by atoms with Crippen molar-refractivity contribution in [1.29, 1.82) is 0 Å². The number of cyclic esters (lactones) is 2. The molecule has 2 aromatic heterocycles. The zero-order chi connectivity index (χ0) is 52.0. The van der Waals surface area contributed by atoms with Gasteiger partial charge in [0.1, 0.15) is 54.4 Å². The molecule has 4 aromatic rings. The van der Waals surface area contributed by atoms with E-state index in [-0.39, 0.29) is 96.3 Å². The standard InChI is InChI=1S/C26H30FN5O6.C25H29FN6O5/c1-31(16-6-15-7-18(9-20(27)19(15)8-16)37-14-26(28)12-35-13-26)5-4-17-10-32(25(34)38-17)22-3-2-21-24(29-22)30-23(33)11-36-21;26-19-8-17(36-13-25(27)2-3-25)7-15-5-14(6-18(15)19)9-28-4-1-16-11-32(24(34)37-16)20-10-29-23-22(30-20)31-21(33)12-35-23/h2-3,7,9,16-17H,4-6,8,10-14,28H2,1H3,(H,29,30,33);7-8,10,14,16,28H,1-6,9,11-13,27H2,(H,30,31,33). The topological polar surface area (TPSA) is 269 Å². The number of carbonyl (C=O) groups excluding carboxylic acids is 4. The van der Waals surface area contributed by atoms with Gasteiger partial charge >= 0.3 is 12.2 Å². The Morgan fingerprint density at radius 2 is 1.40 bits per heavy atom. The summed E-state index contributed by atoms with van der Waals surface area (Å²) < 4.78 is 67.8. The van der Waals surface area contributed by atoms with E-state index in [1.54, 1.807) is 12.1 Å². The summed E-state index contributed by atoms with van der Waals surface area (Å²) >= 11 is 0. The molecular weight excluding hydrogens is 981 g/mol. The summed E-state index contributed by atoms with van der Waals surface area (Å²) in [5.41, 5.74) is 14.9. The average Bonchev–Trinajstić information content (AvgIpc) is 3.80. The molecule has 0 bridgehead atoms. The van der Waals surface area contributed by atoms with Crippen LogP contribution in [0.4, 0.5) is 41.6 Å². The molecule has 24 heteroatoms. The summed E-state index contributed by atoms with van der Waals surface area (Å²) in [6.45, 7) is 4.14. The first-order valence-electron chi connectivity index (χ1n) is 25.3. The molecule has 2 aromatic carbocycles. The van der Waals surface area contributed by atoms with Gasteiger partial charge in [0.05, 0.1) is 43.6 Å². The number of anilines is 4. The lowest BCUT2D eigenvalue weighted by Crippen LogP contribution is -2.61. The Hall–Kier alpha value is -6.99. The minimum absolute atomic E-state index is 0.0617. The molecule has 12 rings (SSSR count). The maximum Gasteiger partial charge on any atom is 0.415 e. The smallest absolute Gasteiger partial charge is 0.415 e. The Bertz CT molecular complexity index is 2890. The summed E-state index contributed by atoms with van der Waals surface area (Å²) in [5.74, 6) is 2.06. The molecule has 3 saturated heterocycles. The molecule has 22 nitrogen and oxygen atoms in total. The van der Waals surface area contributed by atoms with E-state index in [4.69, 9.17) is 44.6 Å². The highest BCUT2D eigenvalue weighted by Gasteiger charge is 2.40. The van der Waals surface area contributed by atoms with E-state index in [0.29, 0.717) is 101 Å². The van der Waals surface area contributed by atoms with Gasteiger partial charge in [-0.2, -0.15) is 0 Å². The molecule has 0 radical (unpaired) electrons. The molecule has 75 heavy (non-hydrogen) atoms. The van der Waals surface area contributed by atoms with Crippen LogP contribution in [-0.4, -0.2) is 153 Å². The molecule has 4 atom stereocenters. The maximum atomic E-state index is 14.9. The Kier molecular flexibility index (Phi) is 13.8. The number of nitrogens with one attached hydrogen (secondary N) is 3. The lowest BCUT2D eigenvalue weighted by atomic mass is 10.0. The van der Waals surface area contributed by atoms with Gasteiger partial charge in [-0.15, -0.1) is 0 Å². The van der Waals surface area contributed by atoms with Crippen molar-refractivity contribution in [1.82, 2.24) is 25.2 Å². The largest absolute Gasteiger partial charge is 0.492 e. The lowest BCUT2D eigenvalue weighted by Gasteiger charge is -2.37. The summed E-state index contributed by atoms with van der Waals surface area (Å²) in [4.78, 5) is 65.9. The number of likely N-dealkylation sites (N-methyl/N-ethyl adjacent to an activating group) is 1. The first-order valence-corrected chi connectivity index (χ1v) is 25.3. The van der Waals surface area contributed by atoms with Crippen LogP contribution in [0.25, 0.3) is 0 Å². The Morgan fingerprint density at radius 1 is 0.773 bits per heavy atom. The van der Waals surface area contributed by atoms with Crippen LogP contribution in [0.1, 0.15) is 47.9 Å². The summed E-state index contributed by atoms with van der Waals surface area (Å²) in [5, 5.41) is 8.65. The Balaban J connectivity index is 0.000000161. The maximum absolute atomic E-state index is 14.9. The number of pyridine rings is 1. The molecule has 4 fully saturated rings. The monoisotopic (exact) mass is 1040 g/mol. The van der Waals surface area contributed by atoms with Crippen LogP contribution in [0.3, 0.4) is 0 Å². The number of nitrogens with two attached hydrogens (primary N) is 2. The van der Waals surface area contributed by atoms with Gasteiger partial charge in [-0.05, 0) is 124 Å². The third-order valence-corrected chi connectivity index (χ3v) is 14.7. The van der Waals surface area contributed by atoms with Gasteiger partial charge in [0.25, 0.3) is 17.7 Å². The van der Waals surface area contributed by atoms with Gasteiger partial charge in [0.2, 0.25) is 0 Å². The van der Waals surface area contributed by atoms with Crippen molar-refractivity contribution < 1.29 is 61.1 Å². The number of benzene rings is 2. The molecule has 4 amide bonds. The van der Waals surface area contributed by atoms with Crippen LogP contribution in [0, 0.1) is 17.6 Å². The molecule has 4 unspecified atom stereocenters. The van der Waals surface area contributed by atoms with E-state index < -0.39 is 17.7 Å². The van der Waals surface area contributed by atoms with Crippen molar-refractivity contribution in [2.45, 2.75) is 80.7 Å². The van der Waals surface area contributed by atoms with Crippen LogP contribution >= 0.6 is 0 Å². The highest BCUT2D eigenvalue weighted by atomic mass is 19.1. The molecule has 5 aliphatic heterocycles. The van der Waals surface area contributed by atoms with E-state index in [1.165, 1.54) is 28.1 Å². The number of aromatic nitrogens is 3. The van der Waals surface area contributed by atoms with Crippen molar-refractivity contribution in [3.8, 4) is 23.1 Å². The van der Waals surface area contributed by atoms with Crippen LogP contribution in [-0.2, 0) is 49.5 Å². The van der Waals surface area contributed by atoms with Crippen LogP contribution < -0.4 is 56.2 Å². The SMILES string of the molecule is CN(CCC1CN(c2ccc3c(n2)NC(=O)CO3)C(=O)O1)C1Cc2cc(OCC3(N)COC3)cc(F)c2C1.NC1(COc2cc(F)c3c(c2)CC(CNCCC2CN(c4cnc5c(n4)NC(=O)CO5)C(=O)O2)C3)CC1. The second kappa shape index (κ2) is 20.6. The van der Waals surface area contributed by atoms with E-state index in [9.17, 15) is 28.0 Å². The summed E-state index contributed by atoms with van der Waals surface area (Å²) in [6.07, 6.45) is 5.72. The van der Waals surface area contributed by atoms with Crippen LogP contribution in [0.2, 0.25) is 0 Å². The van der Waals surface area contributed by atoms with Crippen LogP contribution in [0.5, 0.6) is 23.1 Å². The Morgan fingerprint density at radius 3 is 2.09 bits per heavy atom. The number of ether oxygens (including phenoxy) is 7. The molecule has 0 spiro atoms. The van der Waals surface area contributed by atoms with Gasteiger partial charge in [0, 0.05) is 24.7 Å². The van der Waals surface area contributed by atoms with E-state index in [0.717, 1.165) is 48.1 Å². The zero-order valence-corrected chi connectivity index (χ0v) is 41.4. The predicted octanol–water partition coefficient (Wildman–Crippen LogP) is 3.01. The minimum atomic E-state index is -0.510. The number of hydrogen-bond donors (Lipinski definition) is 5. The second-order valence-corrected chi connectivity index (χ2v) is 20.8. The third-order valence-electron chi connectivity index (χ3n) is 14.7. The molecular formula is C51H59F2N11O11. The number of rotatable bonds is 17. The number of amides is 4. The van der Waals surface area contributed by atoms with E-state index in [1.807, 2.05) is 19.2 Å². The normalized spacial score (nSPS) is 23.2. The highest BCUT2D eigenvalue weighted by Crippen LogP contribution is 2.37. The van der Waals surface area contributed by atoms with Crippen molar-refractivity contribution in [3.05, 3.63) is 76.5 Å². The minimum Gasteiger partial charge on any atom is -0.492 e. The summed E-state index contributed by atoms with van der Waals surface area (Å²) in [6, 6.07) is 10.2. The Labute approximate surface area is 430 Å². The molecule has 1 saturated carbocycles. The van der Waals surface area contributed by atoms with Gasteiger partial charge in [-0.1, -0.05) is 0 Å².